The van der Waals surface area contributed by atoms with Gasteiger partial charge in [-0.2, -0.15) is 0 Å². The summed E-state index contributed by atoms with van der Waals surface area (Å²) < 4.78 is 7.81. The fraction of sp³-hybridized carbons (Fsp3) is 0.130. The van der Waals surface area contributed by atoms with Crippen LogP contribution in [0.25, 0.3) is 5.65 Å². The van der Waals surface area contributed by atoms with Crippen LogP contribution in [-0.4, -0.2) is 15.3 Å². The zero-order chi connectivity index (χ0) is 19.5. The van der Waals surface area contributed by atoms with Crippen LogP contribution in [0.1, 0.15) is 27.2 Å². The van der Waals surface area contributed by atoms with Gasteiger partial charge in [-0.1, -0.05) is 18.2 Å². The lowest BCUT2D eigenvalue weighted by atomic mass is 10.1. The van der Waals surface area contributed by atoms with E-state index in [9.17, 15) is 4.79 Å². The fourth-order valence-corrected chi connectivity index (χ4v) is 2.96. The number of carbonyl (C=O) groups is 1. The molecule has 5 heteroatoms. The molecule has 0 fully saturated rings. The van der Waals surface area contributed by atoms with Crippen LogP contribution in [-0.2, 0) is 6.61 Å². The Hall–Kier alpha value is -3.60. The molecule has 0 aliphatic carbocycles. The number of imidazole rings is 1. The number of benzene rings is 2. The first-order valence-corrected chi connectivity index (χ1v) is 9.12. The van der Waals surface area contributed by atoms with Gasteiger partial charge in [-0.05, 0) is 61.4 Å². The van der Waals surface area contributed by atoms with E-state index >= 15 is 0 Å². The van der Waals surface area contributed by atoms with Crippen LogP contribution in [0.5, 0.6) is 5.75 Å². The third kappa shape index (κ3) is 3.88. The van der Waals surface area contributed by atoms with Gasteiger partial charge in [0.25, 0.3) is 5.91 Å². The Morgan fingerprint density at radius 2 is 1.93 bits per heavy atom. The van der Waals surface area contributed by atoms with Gasteiger partial charge in [0.1, 0.15) is 18.0 Å². The average molecular weight is 371 g/mol. The minimum Gasteiger partial charge on any atom is -0.487 e. The number of ether oxygens (including phenoxy) is 1. The molecular formula is C23H21N3O2. The lowest BCUT2D eigenvalue weighted by Gasteiger charge is -2.09. The molecule has 28 heavy (non-hydrogen) atoms. The minimum atomic E-state index is -0.138. The van der Waals surface area contributed by atoms with Crippen molar-refractivity contribution < 1.29 is 9.53 Å². The number of amides is 1. The predicted molar refractivity (Wildman–Crippen MR) is 110 cm³/mol. The smallest absolute Gasteiger partial charge is 0.255 e. The van der Waals surface area contributed by atoms with Crippen molar-refractivity contribution in [2.45, 2.75) is 20.5 Å². The number of anilines is 1. The Morgan fingerprint density at radius 3 is 2.75 bits per heavy atom. The minimum absolute atomic E-state index is 0.138. The summed E-state index contributed by atoms with van der Waals surface area (Å²) in [6, 6.07) is 18.9. The van der Waals surface area contributed by atoms with Crippen LogP contribution < -0.4 is 10.1 Å². The molecule has 4 aromatic rings. The molecule has 0 atom stereocenters. The molecule has 0 saturated heterocycles. The van der Waals surface area contributed by atoms with Gasteiger partial charge >= 0.3 is 0 Å². The van der Waals surface area contributed by atoms with Crippen LogP contribution in [0, 0.1) is 13.8 Å². The van der Waals surface area contributed by atoms with Crippen molar-refractivity contribution in [1.29, 1.82) is 0 Å². The van der Waals surface area contributed by atoms with Gasteiger partial charge in [-0.15, -0.1) is 0 Å². The van der Waals surface area contributed by atoms with Crippen molar-refractivity contribution in [3.8, 4) is 5.75 Å². The van der Waals surface area contributed by atoms with Crippen molar-refractivity contribution in [3.63, 3.8) is 0 Å². The molecule has 0 bridgehead atoms. The Labute approximate surface area is 163 Å². The van der Waals surface area contributed by atoms with E-state index < -0.39 is 0 Å². The number of nitrogens with one attached hydrogen (secondary N) is 1. The zero-order valence-corrected chi connectivity index (χ0v) is 15.8. The lowest BCUT2D eigenvalue weighted by Crippen LogP contribution is -2.12. The zero-order valence-electron chi connectivity index (χ0n) is 15.8. The molecule has 0 saturated carbocycles. The maximum Gasteiger partial charge on any atom is 0.255 e. The number of rotatable bonds is 5. The van der Waals surface area contributed by atoms with E-state index in [1.54, 1.807) is 0 Å². The summed E-state index contributed by atoms with van der Waals surface area (Å²) in [6.45, 7) is 4.39. The average Bonchev–Trinajstić information content (AvgIpc) is 3.12. The van der Waals surface area contributed by atoms with E-state index in [0.717, 1.165) is 16.9 Å². The predicted octanol–water partition coefficient (Wildman–Crippen LogP) is 4.78. The summed E-state index contributed by atoms with van der Waals surface area (Å²) in [7, 11) is 0. The molecule has 1 amide bonds. The second kappa shape index (κ2) is 7.56. The molecule has 4 rings (SSSR count). The number of aryl methyl sites for hydroxylation is 2. The maximum atomic E-state index is 12.5. The summed E-state index contributed by atoms with van der Waals surface area (Å²) >= 11 is 0. The highest BCUT2D eigenvalue weighted by atomic mass is 16.5. The highest BCUT2D eigenvalue weighted by Gasteiger charge is 2.08. The highest BCUT2D eigenvalue weighted by molar-refractivity contribution is 6.04. The molecular weight excluding hydrogens is 350 g/mol. The lowest BCUT2D eigenvalue weighted by molar-refractivity contribution is 0.102. The van der Waals surface area contributed by atoms with Crippen LogP contribution in [0.3, 0.4) is 0 Å². The summed E-state index contributed by atoms with van der Waals surface area (Å²) in [5.41, 5.74) is 5.32. The molecule has 0 aliphatic heterocycles. The van der Waals surface area contributed by atoms with Gasteiger partial charge in [0.2, 0.25) is 0 Å². The van der Waals surface area contributed by atoms with E-state index in [0.29, 0.717) is 23.6 Å². The molecule has 5 nitrogen and oxygen atoms in total. The first-order valence-electron chi connectivity index (χ1n) is 9.12. The van der Waals surface area contributed by atoms with Gasteiger partial charge in [-0.25, -0.2) is 4.98 Å². The third-order valence-electron chi connectivity index (χ3n) is 4.66. The van der Waals surface area contributed by atoms with Gasteiger partial charge in [0.15, 0.2) is 0 Å². The molecule has 1 N–H and O–H groups in total. The van der Waals surface area contributed by atoms with Crippen LogP contribution in [0.4, 0.5) is 5.69 Å². The van der Waals surface area contributed by atoms with Crippen molar-refractivity contribution in [2.75, 3.05) is 5.32 Å². The molecule has 140 valence electrons. The second-order valence-electron chi connectivity index (χ2n) is 6.77. The van der Waals surface area contributed by atoms with E-state index in [1.165, 1.54) is 5.56 Å². The van der Waals surface area contributed by atoms with E-state index in [2.05, 4.69) is 10.3 Å². The second-order valence-corrected chi connectivity index (χ2v) is 6.77. The SMILES string of the molecule is Cc1ccc(C(=O)Nc2cccc(OCc3cn4ccccc4n3)c2)cc1C. The molecule has 2 aromatic heterocycles. The molecule has 0 radical (unpaired) electrons. The van der Waals surface area contributed by atoms with Crippen LogP contribution >= 0.6 is 0 Å². The Morgan fingerprint density at radius 1 is 1.04 bits per heavy atom. The Bertz CT molecular complexity index is 1110. The third-order valence-corrected chi connectivity index (χ3v) is 4.66. The number of pyridine rings is 1. The van der Waals surface area contributed by atoms with Crippen molar-refractivity contribution in [1.82, 2.24) is 9.38 Å². The summed E-state index contributed by atoms with van der Waals surface area (Å²) in [5, 5.41) is 2.93. The first-order chi connectivity index (χ1) is 13.6. The topological polar surface area (TPSA) is 55.6 Å². The van der Waals surface area contributed by atoms with Crippen molar-refractivity contribution >= 4 is 17.2 Å². The number of aromatic nitrogens is 2. The standard InChI is InChI=1S/C23H21N3O2/c1-16-9-10-18(12-17(16)2)23(27)25-19-6-5-7-21(13-19)28-15-20-14-26-11-4-3-8-22(26)24-20/h3-14H,15H2,1-2H3,(H,25,27). The largest absolute Gasteiger partial charge is 0.487 e. The van der Waals surface area contributed by atoms with Gasteiger partial charge in [-0.3, -0.25) is 4.79 Å². The van der Waals surface area contributed by atoms with E-state index in [4.69, 9.17) is 4.74 Å². The van der Waals surface area contributed by atoms with E-state index in [-0.39, 0.29) is 5.91 Å². The molecule has 0 aliphatic rings. The number of nitrogens with zero attached hydrogens (tertiary/aromatic N) is 2. The van der Waals surface area contributed by atoms with Crippen molar-refractivity contribution in [2.24, 2.45) is 0 Å². The monoisotopic (exact) mass is 371 g/mol. The Kier molecular flexibility index (Phi) is 4.81. The highest BCUT2D eigenvalue weighted by Crippen LogP contribution is 2.20. The molecule has 2 aromatic carbocycles. The summed E-state index contributed by atoms with van der Waals surface area (Å²) in [4.78, 5) is 17.0. The van der Waals surface area contributed by atoms with E-state index in [1.807, 2.05) is 91.3 Å². The number of carbonyl (C=O) groups excluding carboxylic acids is 1. The first kappa shape index (κ1) is 17.8. The van der Waals surface area contributed by atoms with Crippen LogP contribution in [0.2, 0.25) is 0 Å². The molecule has 2 heterocycles. The van der Waals surface area contributed by atoms with Gasteiger partial charge in [0, 0.05) is 29.7 Å². The molecule has 0 spiro atoms. The van der Waals surface area contributed by atoms with Crippen LogP contribution in [0.15, 0.2) is 73.1 Å². The number of fused-ring (bicyclic) bond motifs is 1. The fourth-order valence-electron chi connectivity index (χ4n) is 2.96. The molecule has 0 unspecified atom stereocenters. The quantitative estimate of drug-likeness (QED) is 0.549. The number of hydrogen-bond donors (Lipinski definition) is 1. The van der Waals surface area contributed by atoms with Gasteiger partial charge < -0.3 is 14.5 Å². The normalized spacial score (nSPS) is 10.8. The Balaban J connectivity index is 1.43. The summed E-state index contributed by atoms with van der Waals surface area (Å²) in [5.74, 6) is 0.538. The summed E-state index contributed by atoms with van der Waals surface area (Å²) in [6.07, 6.45) is 3.90. The van der Waals surface area contributed by atoms with Crippen molar-refractivity contribution in [3.05, 3.63) is 95.4 Å². The maximum absolute atomic E-state index is 12.5. The number of hydrogen-bond acceptors (Lipinski definition) is 3. The van der Waals surface area contributed by atoms with Gasteiger partial charge in [0.05, 0.1) is 5.69 Å².